The summed E-state index contributed by atoms with van der Waals surface area (Å²) in [5.41, 5.74) is 0.558. The van der Waals surface area contributed by atoms with Crippen LogP contribution in [-0.4, -0.2) is 51.6 Å². The lowest BCUT2D eigenvalue weighted by atomic mass is 9.90. The number of hydrogen-bond donors (Lipinski definition) is 1. The Balaban J connectivity index is 2.40. The van der Waals surface area contributed by atoms with E-state index in [1.54, 1.807) is 4.90 Å². The lowest BCUT2D eigenvalue weighted by Crippen LogP contribution is -2.53. The molecule has 2 atom stereocenters. The molecule has 1 aliphatic heterocycles. The van der Waals surface area contributed by atoms with E-state index in [0.717, 1.165) is 5.56 Å². The molecule has 0 aromatic heterocycles. The third-order valence-corrected chi connectivity index (χ3v) is 4.22. The highest BCUT2D eigenvalue weighted by Gasteiger charge is 2.44. The number of carboxylic acid groups (broad SMARTS) is 1. The highest BCUT2D eigenvalue weighted by Crippen LogP contribution is 2.34. The molecule has 22 heavy (non-hydrogen) atoms. The fourth-order valence-electron chi connectivity index (χ4n) is 3.26. The molecule has 1 aromatic rings. The Morgan fingerprint density at radius 1 is 1.18 bits per heavy atom. The Kier molecular flexibility index (Phi) is 4.44. The summed E-state index contributed by atoms with van der Waals surface area (Å²) < 4.78 is 0. The van der Waals surface area contributed by atoms with Gasteiger partial charge in [0.1, 0.15) is 0 Å². The van der Waals surface area contributed by atoms with E-state index < -0.39 is 11.6 Å². The van der Waals surface area contributed by atoms with Crippen LogP contribution >= 0.6 is 0 Å². The van der Waals surface area contributed by atoms with E-state index in [9.17, 15) is 14.7 Å². The van der Waals surface area contributed by atoms with Gasteiger partial charge in [-0.3, -0.25) is 9.69 Å². The highest BCUT2D eigenvalue weighted by molar-refractivity contribution is 5.74. The summed E-state index contributed by atoms with van der Waals surface area (Å²) in [6.45, 7) is 8.20. The van der Waals surface area contributed by atoms with Crippen molar-refractivity contribution in [3.63, 3.8) is 0 Å². The average molecular weight is 304 g/mol. The number of amides is 2. The molecule has 1 aromatic carbocycles. The Hall–Kier alpha value is -2.04. The largest absolute Gasteiger partial charge is 0.465 e. The van der Waals surface area contributed by atoms with E-state index >= 15 is 0 Å². The first kappa shape index (κ1) is 16.3. The van der Waals surface area contributed by atoms with Crippen LogP contribution in [-0.2, 0) is 4.79 Å². The molecular weight excluding hydrogens is 280 g/mol. The van der Waals surface area contributed by atoms with Crippen molar-refractivity contribution in [3.8, 4) is 0 Å². The standard InChI is InChI=1S/C17H24N2O3/c1-12(20)18-10-14(13-8-6-5-7-9-13)15(11-18)19(16(21)22)17(2,3)4/h5-9,14-15H,10-11H2,1-4H3,(H,21,22). The first-order chi connectivity index (χ1) is 10.2. The molecule has 2 unspecified atom stereocenters. The molecule has 5 heteroatoms. The molecule has 120 valence electrons. The smallest absolute Gasteiger partial charge is 0.408 e. The minimum Gasteiger partial charge on any atom is -0.465 e. The zero-order valence-corrected chi connectivity index (χ0v) is 13.6. The Bertz CT molecular complexity index is 551. The maximum absolute atomic E-state index is 11.8. The van der Waals surface area contributed by atoms with Gasteiger partial charge in [-0.15, -0.1) is 0 Å². The van der Waals surface area contributed by atoms with Gasteiger partial charge in [-0.05, 0) is 26.3 Å². The number of benzene rings is 1. The molecule has 1 saturated heterocycles. The van der Waals surface area contributed by atoms with Crippen molar-refractivity contribution in [3.05, 3.63) is 35.9 Å². The maximum atomic E-state index is 11.8. The van der Waals surface area contributed by atoms with E-state index in [4.69, 9.17) is 0 Å². The lowest BCUT2D eigenvalue weighted by Gasteiger charge is -2.40. The molecule has 0 bridgehead atoms. The van der Waals surface area contributed by atoms with Crippen molar-refractivity contribution in [2.75, 3.05) is 13.1 Å². The van der Waals surface area contributed by atoms with Gasteiger partial charge in [0.05, 0.1) is 6.04 Å². The summed E-state index contributed by atoms with van der Waals surface area (Å²) in [5, 5.41) is 9.68. The topological polar surface area (TPSA) is 60.9 Å². The molecule has 1 heterocycles. The molecule has 1 fully saturated rings. The normalized spacial score (nSPS) is 21.7. The van der Waals surface area contributed by atoms with Crippen LogP contribution in [0.3, 0.4) is 0 Å². The van der Waals surface area contributed by atoms with Crippen molar-refractivity contribution in [1.29, 1.82) is 0 Å². The number of carbonyl (C=O) groups is 2. The Morgan fingerprint density at radius 3 is 2.23 bits per heavy atom. The number of nitrogens with zero attached hydrogens (tertiary/aromatic N) is 2. The van der Waals surface area contributed by atoms with E-state index in [1.165, 1.54) is 11.8 Å². The summed E-state index contributed by atoms with van der Waals surface area (Å²) >= 11 is 0. The van der Waals surface area contributed by atoms with Gasteiger partial charge < -0.3 is 10.0 Å². The molecule has 2 rings (SSSR count). The van der Waals surface area contributed by atoms with Crippen LogP contribution in [0.1, 0.15) is 39.2 Å². The number of carbonyl (C=O) groups excluding carboxylic acids is 1. The maximum Gasteiger partial charge on any atom is 0.408 e. The van der Waals surface area contributed by atoms with E-state index in [2.05, 4.69) is 0 Å². The van der Waals surface area contributed by atoms with Gasteiger partial charge in [0.15, 0.2) is 0 Å². The number of hydrogen-bond acceptors (Lipinski definition) is 2. The third kappa shape index (κ3) is 3.24. The minimum absolute atomic E-state index is 0.000394. The molecule has 1 aliphatic rings. The molecular formula is C17H24N2O3. The molecule has 0 spiro atoms. The van der Waals surface area contributed by atoms with Crippen LogP contribution in [0, 0.1) is 0 Å². The van der Waals surface area contributed by atoms with Gasteiger partial charge >= 0.3 is 6.09 Å². The lowest BCUT2D eigenvalue weighted by molar-refractivity contribution is -0.128. The first-order valence-electron chi connectivity index (χ1n) is 7.54. The van der Waals surface area contributed by atoms with E-state index in [-0.39, 0.29) is 17.9 Å². The minimum atomic E-state index is -0.941. The molecule has 0 saturated carbocycles. The SMILES string of the molecule is CC(=O)N1CC(c2ccccc2)C(N(C(=O)O)C(C)(C)C)C1. The predicted octanol–water partition coefficient (Wildman–Crippen LogP) is 2.78. The van der Waals surface area contributed by atoms with Crippen molar-refractivity contribution >= 4 is 12.0 Å². The van der Waals surface area contributed by atoms with E-state index in [0.29, 0.717) is 13.1 Å². The zero-order valence-electron chi connectivity index (χ0n) is 13.6. The Labute approximate surface area is 131 Å². The second-order valence-electron chi connectivity index (χ2n) is 6.83. The molecule has 2 amide bonds. The zero-order chi connectivity index (χ0) is 16.5. The fraction of sp³-hybridized carbons (Fsp3) is 0.529. The van der Waals surface area contributed by atoms with Crippen molar-refractivity contribution < 1.29 is 14.7 Å². The summed E-state index contributed by atoms with van der Waals surface area (Å²) in [6.07, 6.45) is -0.941. The Morgan fingerprint density at radius 2 is 1.77 bits per heavy atom. The predicted molar refractivity (Wildman–Crippen MR) is 84.8 cm³/mol. The first-order valence-corrected chi connectivity index (χ1v) is 7.54. The van der Waals surface area contributed by atoms with E-state index in [1.807, 2.05) is 51.1 Å². The highest BCUT2D eigenvalue weighted by atomic mass is 16.4. The third-order valence-electron chi connectivity index (χ3n) is 4.22. The number of likely N-dealkylation sites (tertiary alicyclic amines) is 1. The number of rotatable bonds is 2. The summed E-state index contributed by atoms with van der Waals surface area (Å²) in [7, 11) is 0. The fourth-order valence-corrected chi connectivity index (χ4v) is 3.26. The second kappa shape index (κ2) is 5.99. The van der Waals surface area contributed by atoms with Gasteiger partial charge in [0, 0.05) is 31.5 Å². The molecule has 0 aliphatic carbocycles. The van der Waals surface area contributed by atoms with Crippen LogP contribution in [0.5, 0.6) is 0 Å². The van der Waals surface area contributed by atoms with Crippen molar-refractivity contribution in [1.82, 2.24) is 9.80 Å². The summed E-state index contributed by atoms with van der Waals surface area (Å²) in [6, 6.07) is 9.61. The quantitative estimate of drug-likeness (QED) is 0.914. The van der Waals surface area contributed by atoms with Crippen LogP contribution < -0.4 is 0 Å². The van der Waals surface area contributed by atoms with Crippen LogP contribution in [0.25, 0.3) is 0 Å². The molecule has 1 N–H and O–H groups in total. The van der Waals surface area contributed by atoms with Gasteiger partial charge in [-0.25, -0.2) is 4.79 Å². The monoisotopic (exact) mass is 304 g/mol. The molecule has 0 radical (unpaired) electrons. The summed E-state index contributed by atoms with van der Waals surface area (Å²) in [4.78, 5) is 26.8. The van der Waals surface area contributed by atoms with Gasteiger partial charge in [0.25, 0.3) is 0 Å². The van der Waals surface area contributed by atoms with Crippen LogP contribution in [0.4, 0.5) is 4.79 Å². The van der Waals surface area contributed by atoms with Crippen molar-refractivity contribution in [2.24, 2.45) is 0 Å². The second-order valence-corrected chi connectivity index (χ2v) is 6.83. The van der Waals surface area contributed by atoms with Crippen LogP contribution in [0.2, 0.25) is 0 Å². The van der Waals surface area contributed by atoms with Gasteiger partial charge in [0.2, 0.25) is 5.91 Å². The average Bonchev–Trinajstić information content (AvgIpc) is 2.82. The molecule has 5 nitrogen and oxygen atoms in total. The van der Waals surface area contributed by atoms with Gasteiger partial charge in [-0.1, -0.05) is 30.3 Å². The van der Waals surface area contributed by atoms with Crippen molar-refractivity contribution in [2.45, 2.75) is 45.2 Å². The summed E-state index contributed by atoms with van der Waals surface area (Å²) in [5.74, 6) is -0.0110. The van der Waals surface area contributed by atoms with Crippen LogP contribution in [0.15, 0.2) is 30.3 Å². The van der Waals surface area contributed by atoms with Gasteiger partial charge in [-0.2, -0.15) is 0 Å².